The summed E-state index contributed by atoms with van der Waals surface area (Å²) in [5.41, 5.74) is 2.80. The molecule has 2 unspecified atom stereocenters. The van der Waals surface area contributed by atoms with Gasteiger partial charge in [-0.2, -0.15) is 0 Å². The van der Waals surface area contributed by atoms with E-state index in [1.807, 2.05) is 39.0 Å². The minimum Gasteiger partial charge on any atom is -0.490 e. The van der Waals surface area contributed by atoms with Gasteiger partial charge in [0.25, 0.3) is 5.91 Å². The Morgan fingerprint density at radius 1 is 1.18 bits per heavy atom. The largest absolute Gasteiger partial charge is 0.490 e. The Hall–Kier alpha value is -2.85. The average molecular weight is 736 g/mol. The van der Waals surface area contributed by atoms with Gasteiger partial charge < -0.3 is 14.4 Å². The number of methoxy groups -OCH3 is 1. The molecule has 1 amide bonds. The fourth-order valence-electron chi connectivity index (χ4n) is 9.28. The average Bonchev–Trinajstić information content (AvgIpc) is 3.21. The first-order valence-electron chi connectivity index (χ1n) is 18.8. The van der Waals surface area contributed by atoms with Crippen LogP contribution in [0, 0.1) is 17.8 Å². The molecule has 0 aromatic heterocycles. The topological polar surface area (TPSA) is 88.2 Å². The van der Waals surface area contributed by atoms with E-state index in [9.17, 15) is 13.8 Å². The molecule has 8 atom stereocenters. The minimum atomic E-state index is -3.00. The number of allylic oxidation sites excluding steroid dienone is 1. The van der Waals surface area contributed by atoms with Gasteiger partial charge in [0.1, 0.15) is 5.75 Å². The molecule has 2 aromatic rings. The molecule has 1 saturated heterocycles. The second kappa shape index (κ2) is 14.2. The molecule has 5 aliphatic rings. The summed E-state index contributed by atoms with van der Waals surface area (Å²) in [7, 11) is -1.24. The Morgan fingerprint density at radius 3 is 2.69 bits per heavy atom. The number of nitrogens with zero attached hydrogens (tertiary/aromatic N) is 2. The predicted octanol–water partition coefficient (Wildman–Crippen LogP) is 6.62. The van der Waals surface area contributed by atoms with Gasteiger partial charge in [-0.05, 0) is 124 Å². The number of amides is 1. The zero-order valence-electron chi connectivity index (χ0n) is 30.6. The van der Waals surface area contributed by atoms with E-state index in [1.165, 1.54) is 11.1 Å². The van der Waals surface area contributed by atoms with Crippen LogP contribution in [-0.2, 0) is 31.1 Å². The molecular weight excluding hydrogens is 682 g/mol. The van der Waals surface area contributed by atoms with Gasteiger partial charge in [0, 0.05) is 61.0 Å². The number of Topliss-reactive ketones (excluding diaryl/α,β-unsaturated/α-hetero) is 1. The molecule has 2 aliphatic carbocycles. The summed E-state index contributed by atoms with van der Waals surface area (Å²) in [4.78, 5) is 32.4. The SMILES string of the molecule is C=S1(=O)NC(=O)c2ccc3c(c2)N(C[C@@H]2CC[C@H]2[C@@](CC(=O)C(C)N2CCC2)(OC)/C=C/C[C@H](C)[C@H]1C)C[C@@]1(CCCc2cc(Cl)ccc21)CO3. The van der Waals surface area contributed by atoms with Gasteiger partial charge in [-0.25, -0.2) is 4.21 Å². The normalized spacial score (nSPS) is 35.2. The van der Waals surface area contributed by atoms with Gasteiger partial charge in [0.05, 0.1) is 33.6 Å². The third-order valence-corrected chi connectivity index (χ3v) is 15.5. The van der Waals surface area contributed by atoms with Crippen LogP contribution in [-0.4, -0.2) is 83.5 Å². The van der Waals surface area contributed by atoms with E-state index in [4.69, 9.17) is 21.1 Å². The van der Waals surface area contributed by atoms with Crippen molar-refractivity contribution in [1.82, 2.24) is 9.62 Å². The Labute approximate surface area is 309 Å². The van der Waals surface area contributed by atoms with Crippen molar-refractivity contribution in [2.45, 2.75) is 94.4 Å². The molecule has 2 bridgehead atoms. The van der Waals surface area contributed by atoms with Crippen LogP contribution >= 0.6 is 11.6 Å². The second-order valence-corrected chi connectivity index (χ2v) is 18.9. The van der Waals surface area contributed by atoms with Crippen LogP contribution in [0.3, 0.4) is 0 Å². The third kappa shape index (κ3) is 6.89. The number of anilines is 1. The van der Waals surface area contributed by atoms with Gasteiger partial charge in [0.2, 0.25) is 0 Å². The molecule has 1 spiro atoms. The lowest BCUT2D eigenvalue weighted by Crippen LogP contribution is -2.55. The Kier molecular flexibility index (Phi) is 10.2. The Bertz CT molecular complexity index is 1810. The molecule has 0 radical (unpaired) electrons. The van der Waals surface area contributed by atoms with Crippen molar-refractivity contribution in [2.24, 2.45) is 17.8 Å². The van der Waals surface area contributed by atoms with Gasteiger partial charge in [-0.15, -0.1) is 0 Å². The summed E-state index contributed by atoms with van der Waals surface area (Å²) < 4.78 is 30.0. The summed E-state index contributed by atoms with van der Waals surface area (Å²) in [6.45, 7) is 9.84. The lowest BCUT2D eigenvalue weighted by molar-refractivity contribution is -0.136. The molecule has 2 aromatic carbocycles. The zero-order chi connectivity index (χ0) is 36.1. The molecule has 3 heterocycles. The summed E-state index contributed by atoms with van der Waals surface area (Å²) >= 11 is 6.49. The van der Waals surface area contributed by atoms with Crippen molar-refractivity contribution >= 4 is 44.6 Å². The quantitative estimate of drug-likeness (QED) is 0.273. The van der Waals surface area contributed by atoms with Crippen LogP contribution in [0.4, 0.5) is 5.69 Å². The highest BCUT2D eigenvalue weighted by atomic mass is 35.5. The van der Waals surface area contributed by atoms with E-state index in [0.717, 1.165) is 74.6 Å². The first-order chi connectivity index (χ1) is 24.3. The molecule has 276 valence electrons. The number of carbonyl (C=O) groups is 2. The van der Waals surface area contributed by atoms with E-state index in [2.05, 4.69) is 44.7 Å². The fourth-order valence-corrected chi connectivity index (χ4v) is 11.0. The van der Waals surface area contributed by atoms with Gasteiger partial charge in [0.15, 0.2) is 5.78 Å². The molecule has 3 aliphatic heterocycles. The molecule has 2 fully saturated rings. The monoisotopic (exact) mass is 735 g/mol. The van der Waals surface area contributed by atoms with Crippen LogP contribution in [0.15, 0.2) is 48.6 Å². The van der Waals surface area contributed by atoms with Crippen LogP contribution in [0.2, 0.25) is 5.02 Å². The molecule has 7 rings (SSSR count). The number of ether oxygens (including phenoxy) is 2. The first-order valence-corrected chi connectivity index (χ1v) is 21.0. The van der Waals surface area contributed by atoms with Crippen molar-refractivity contribution in [3.8, 4) is 5.75 Å². The van der Waals surface area contributed by atoms with E-state index in [1.54, 1.807) is 13.2 Å². The molecule has 1 N–H and O–H groups in total. The number of nitrogens with one attached hydrogen (secondary N) is 1. The number of carbonyl (C=O) groups excluding carboxylic acids is 2. The number of fused-ring (bicyclic) bond motifs is 4. The number of ketones is 1. The Balaban J connectivity index is 1.31. The summed E-state index contributed by atoms with van der Waals surface area (Å²) in [6, 6.07) is 11.7. The highest BCUT2D eigenvalue weighted by Crippen LogP contribution is 2.50. The van der Waals surface area contributed by atoms with E-state index >= 15 is 0 Å². The third-order valence-electron chi connectivity index (χ3n) is 13.1. The second-order valence-electron chi connectivity index (χ2n) is 16.1. The number of hydrogen-bond acceptors (Lipinski definition) is 7. The Morgan fingerprint density at radius 2 is 1.98 bits per heavy atom. The molecule has 10 heteroatoms. The maximum absolute atomic E-state index is 14.0. The predicted molar refractivity (Wildman–Crippen MR) is 207 cm³/mol. The van der Waals surface area contributed by atoms with Crippen LogP contribution < -0.4 is 14.4 Å². The van der Waals surface area contributed by atoms with Crippen molar-refractivity contribution < 1.29 is 23.3 Å². The number of halogens is 1. The molecule has 8 nitrogen and oxygen atoms in total. The van der Waals surface area contributed by atoms with Crippen LogP contribution in [0.5, 0.6) is 5.75 Å². The maximum atomic E-state index is 14.0. The number of benzene rings is 2. The number of hydrogen-bond donors (Lipinski definition) is 1. The summed E-state index contributed by atoms with van der Waals surface area (Å²) in [5, 5.41) is 0.357. The molecule has 1 saturated carbocycles. The van der Waals surface area contributed by atoms with Crippen molar-refractivity contribution in [2.75, 3.05) is 44.8 Å². The van der Waals surface area contributed by atoms with Crippen LogP contribution in [0.25, 0.3) is 0 Å². The molecular formula is C41H54ClN3O5S. The first kappa shape index (κ1) is 36.5. The van der Waals surface area contributed by atoms with Gasteiger partial charge in [-0.3, -0.25) is 19.2 Å². The number of likely N-dealkylation sites (tertiary alicyclic amines) is 1. The lowest BCUT2D eigenvalue weighted by atomic mass is 9.62. The highest BCUT2D eigenvalue weighted by molar-refractivity contribution is 7.99. The van der Waals surface area contributed by atoms with Gasteiger partial charge >= 0.3 is 0 Å². The summed E-state index contributed by atoms with van der Waals surface area (Å²) in [6.07, 6.45) is 11.3. The standard InChI is InChI=1S/C41H54ClN3O5S/c1-27-9-6-18-41(49-4,23-37(46)28(2)44-19-8-20-44)35-14-11-32(35)24-45-25-40(17-7-10-30-21-33(42)13-15-34(30)40)26-50-38-16-12-31(22-36(38)45)39(47)43-51(5,48)29(27)3/h6,12-13,15-16,18,21-22,27-29,32,35H,5,7-11,14,17,19-20,23-26H2,1-4H3,(H,43,47,48)/b18-6+/t27-,28?,29+,32-,35+,40-,41+,51?/m0/s1. The van der Waals surface area contributed by atoms with Crippen molar-refractivity contribution in [3.05, 3.63) is 70.3 Å². The fraction of sp³-hybridized carbons (Fsp3) is 0.585. The zero-order valence-corrected chi connectivity index (χ0v) is 32.2. The summed E-state index contributed by atoms with van der Waals surface area (Å²) in [5.74, 6) is 4.91. The van der Waals surface area contributed by atoms with E-state index in [0.29, 0.717) is 31.6 Å². The number of rotatable bonds is 5. The smallest absolute Gasteiger partial charge is 0.262 e. The minimum absolute atomic E-state index is 0.0395. The van der Waals surface area contributed by atoms with E-state index in [-0.39, 0.29) is 40.2 Å². The maximum Gasteiger partial charge on any atom is 0.262 e. The van der Waals surface area contributed by atoms with Crippen molar-refractivity contribution in [1.29, 1.82) is 0 Å². The van der Waals surface area contributed by atoms with Crippen LogP contribution in [0.1, 0.15) is 87.2 Å². The van der Waals surface area contributed by atoms with Crippen molar-refractivity contribution in [3.63, 3.8) is 0 Å². The van der Waals surface area contributed by atoms with E-state index < -0.39 is 21.2 Å². The lowest BCUT2D eigenvalue weighted by Gasteiger charge is -2.51. The number of aryl methyl sites for hydroxylation is 1. The highest BCUT2D eigenvalue weighted by Gasteiger charge is 2.50. The molecule has 51 heavy (non-hydrogen) atoms. The van der Waals surface area contributed by atoms with Gasteiger partial charge in [-0.1, -0.05) is 36.7 Å².